The number of hydrogen-bond acceptors (Lipinski definition) is 3. The molecule has 1 saturated heterocycles. The fourth-order valence-corrected chi connectivity index (χ4v) is 4.10. The van der Waals surface area contributed by atoms with Gasteiger partial charge >= 0.3 is 6.55 Å². The van der Waals surface area contributed by atoms with Crippen LogP contribution in [0.5, 0.6) is 0 Å². The van der Waals surface area contributed by atoms with Gasteiger partial charge in [-0.1, -0.05) is 12.1 Å². The molecule has 1 aliphatic carbocycles. The average molecular weight is 421 g/mol. The van der Waals surface area contributed by atoms with Gasteiger partial charge < -0.3 is 10.6 Å². The highest BCUT2D eigenvalue weighted by Crippen LogP contribution is 2.58. The minimum Gasteiger partial charge on any atom is -0.355 e. The van der Waals surface area contributed by atoms with Gasteiger partial charge in [0.2, 0.25) is 5.91 Å². The van der Waals surface area contributed by atoms with E-state index in [2.05, 4.69) is 15.6 Å². The first-order chi connectivity index (χ1) is 12.1. The van der Waals surface area contributed by atoms with E-state index in [1.165, 1.54) is 0 Å². The van der Waals surface area contributed by atoms with E-state index in [0.29, 0.717) is 29.8 Å². The first-order valence-electron chi connectivity index (χ1n) is 8.83. The standard InChI is InChI=1S/C18H22F2N4O.2ClH/c19-17(20)24-14-4-2-1-3-13(14)23-15(24)5-8-22-16(25)12-11-18(12)6-9-21-10-7-18;;/h1-4,12,17,21H,5-11H2,(H,22,25);2*1H. The normalized spacial score (nSPS) is 20.2. The third kappa shape index (κ3) is 4.20. The molecule has 0 radical (unpaired) electrons. The summed E-state index contributed by atoms with van der Waals surface area (Å²) in [6.07, 6.45) is 3.35. The second kappa shape index (κ2) is 8.71. The summed E-state index contributed by atoms with van der Waals surface area (Å²) in [5, 5.41) is 6.24. The van der Waals surface area contributed by atoms with E-state index < -0.39 is 6.55 Å². The second-order valence-electron chi connectivity index (χ2n) is 7.07. The van der Waals surface area contributed by atoms with Crippen LogP contribution < -0.4 is 10.6 Å². The Balaban J connectivity index is 0.00000131. The Morgan fingerprint density at radius 1 is 1.30 bits per heavy atom. The van der Waals surface area contributed by atoms with Crippen LogP contribution in [0, 0.1) is 11.3 Å². The molecule has 1 aliphatic heterocycles. The molecule has 1 amide bonds. The molecule has 1 saturated carbocycles. The number of halogens is 4. The lowest BCUT2D eigenvalue weighted by Gasteiger charge is -2.23. The van der Waals surface area contributed by atoms with Gasteiger partial charge in [0.15, 0.2) is 0 Å². The number of piperidine rings is 1. The Kier molecular flexibility index (Phi) is 7.05. The van der Waals surface area contributed by atoms with Gasteiger partial charge in [-0.2, -0.15) is 8.78 Å². The number of nitrogens with zero attached hydrogens (tertiary/aromatic N) is 2. The van der Waals surface area contributed by atoms with Crippen LogP contribution in [0.1, 0.15) is 31.6 Å². The van der Waals surface area contributed by atoms with Crippen molar-refractivity contribution in [2.24, 2.45) is 11.3 Å². The molecule has 150 valence electrons. The molecule has 1 atom stereocenters. The van der Waals surface area contributed by atoms with Crippen LogP contribution in [0.25, 0.3) is 11.0 Å². The largest absolute Gasteiger partial charge is 0.355 e. The summed E-state index contributed by atoms with van der Waals surface area (Å²) in [5.74, 6) is 0.453. The fraction of sp³-hybridized carbons (Fsp3) is 0.556. The van der Waals surface area contributed by atoms with Gasteiger partial charge in [-0.15, -0.1) is 24.8 Å². The number of carbonyl (C=O) groups is 1. The second-order valence-corrected chi connectivity index (χ2v) is 7.07. The fourth-order valence-electron chi connectivity index (χ4n) is 4.10. The number of rotatable bonds is 5. The van der Waals surface area contributed by atoms with Crippen molar-refractivity contribution in [2.45, 2.75) is 32.2 Å². The van der Waals surface area contributed by atoms with Crippen LogP contribution in [0.4, 0.5) is 8.78 Å². The Labute approximate surface area is 169 Å². The molecular weight excluding hydrogens is 397 g/mol. The lowest BCUT2D eigenvalue weighted by molar-refractivity contribution is -0.123. The highest BCUT2D eigenvalue weighted by molar-refractivity contribution is 5.85. The summed E-state index contributed by atoms with van der Waals surface area (Å²) in [5.41, 5.74) is 1.17. The molecule has 4 rings (SSSR count). The number of imidazole rings is 1. The SMILES string of the molecule is Cl.Cl.O=C(NCCc1nc2ccccc2n1C(F)F)C1CC12CCNCC2. The quantitative estimate of drug-likeness (QED) is 0.779. The minimum absolute atomic E-state index is 0. The molecule has 1 aromatic heterocycles. The van der Waals surface area contributed by atoms with Crippen LogP contribution >= 0.6 is 24.8 Å². The number of alkyl halides is 2. The number of hydrogen-bond donors (Lipinski definition) is 2. The zero-order valence-corrected chi connectivity index (χ0v) is 16.4. The number of aromatic nitrogens is 2. The molecule has 9 heteroatoms. The molecule has 1 unspecified atom stereocenters. The first kappa shape index (κ1) is 21.9. The zero-order chi connectivity index (χ0) is 17.4. The summed E-state index contributed by atoms with van der Waals surface area (Å²) in [7, 11) is 0. The van der Waals surface area contributed by atoms with E-state index in [1.54, 1.807) is 24.3 Å². The molecule has 1 spiro atoms. The predicted octanol–water partition coefficient (Wildman–Crippen LogP) is 3.32. The molecular formula is C18H24Cl2F2N4O. The molecule has 1 aromatic carbocycles. The average Bonchev–Trinajstić information content (AvgIpc) is 3.15. The maximum Gasteiger partial charge on any atom is 0.320 e. The van der Waals surface area contributed by atoms with E-state index in [1.807, 2.05) is 0 Å². The molecule has 2 fully saturated rings. The summed E-state index contributed by atoms with van der Waals surface area (Å²) in [6, 6.07) is 6.87. The summed E-state index contributed by atoms with van der Waals surface area (Å²) >= 11 is 0. The third-order valence-corrected chi connectivity index (χ3v) is 5.62. The Bertz CT molecular complexity index is 793. The van der Waals surface area contributed by atoms with Gasteiger partial charge in [0.05, 0.1) is 11.0 Å². The first-order valence-corrected chi connectivity index (χ1v) is 8.83. The van der Waals surface area contributed by atoms with Gasteiger partial charge in [-0.3, -0.25) is 9.36 Å². The number of carbonyl (C=O) groups excluding carboxylic acids is 1. The topological polar surface area (TPSA) is 59.0 Å². The number of benzene rings is 1. The molecule has 2 aromatic rings. The zero-order valence-electron chi connectivity index (χ0n) is 14.8. The van der Waals surface area contributed by atoms with Crippen molar-refractivity contribution in [3.05, 3.63) is 30.1 Å². The van der Waals surface area contributed by atoms with Crippen molar-refractivity contribution in [1.29, 1.82) is 0 Å². The molecule has 2 heterocycles. The van der Waals surface area contributed by atoms with Crippen molar-refractivity contribution in [3.63, 3.8) is 0 Å². The van der Waals surface area contributed by atoms with E-state index in [4.69, 9.17) is 0 Å². The minimum atomic E-state index is -2.64. The smallest absolute Gasteiger partial charge is 0.320 e. The summed E-state index contributed by atoms with van der Waals surface area (Å²) in [6.45, 7) is -0.357. The maximum atomic E-state index is 13.4. The van der Waals surface area contributed by atoms with Gasteiger partial charge in [0.25, 0.3) is 0 Å². The van der Waals surface area contributed by atoms with Gasteiger partial charge in [0, 0.05) is 18.9 Å². The number of para-hydroxylation sites is 2. The summed E-state index contributed by atoms with van der Waals surface area (Å²) < 4.78 is 27.7. The molecule has 5 nitrogen and oxygen atoms in total. The van der Waals surface area contributed by atoms with Gasteiger partial charge in [-0.05, 0) is 49.9 Å². The van der Waals surface area contributed by atoms with E-state index >= 15 is 0 Å². The summed E-state index contributed by atoms with van der Waals surface area (Å²) in [4.78, 5) is 16.7. The van der Waals surface area contributed by atoms with Crippen LogP contribution in [0.3, 0.4) is 0 Å². The van der Waals surface area contributed by atoms with Crippen LogP contribution in [-0.2, 0) is 11.2 Å². The van der Waals surface area contributed by atoms with Crippen molar-refractivity contribution in [1.82, 2.24) is 20.2 Å². The number of nitrogens with one attached hydrogen (secondary N) is 2. The molecule has 27 heavy (non-hydrogen) atoms. The van der Waals surface area contributed by atoms with E-state index in [0.717, 1.165) is 36.9 Å². The molecule has 2 N–H and O–H groups in total. The van der Waals surface area contributed by atoms with E-state index in [9.17, 15) is 13.6 Å². The highest BCUT2D eigenvalue weighted by atomic mass is 35.5. The van der Waals surface area contributed by atoms with Crippen molar-refractivity contribution < 1.29 is 13.6 Å². The van der Waals surface area contributed by atoms with Crippen LogP contribution in [-0.4, -0.2) is 35.1 Å². The van der Waals surface area contributed by atoms with Crippen molar-refractivity contribution in [2.75, 3.05) is 19.6 Å². The van der Waals surface area contributed by atoms with Gasteiger partial charge in [0.1, 0.15) is 5.82 Å². The predicted molar refractivity (Wildman–Crippen MR) is 105 cm³/mol. The van der Waals surface area contributed by atoms with Crippen molar-refractivity contribution >= 4 is 41.8 Å². The lowest BCUT2D eigenvalue weighted by atomic mass is 9.92. The monoisotopic (exact) mass is 420 g/mol. The third-order valence-electron chi connectivity index (χ3n) is 5.62. The molecule has 2 aliphatic rings. The highest BCUT2D eigenvalue weighted by Gasteiger charge is 2.57. The number of fused-ring (bicyclic) bond motifs is 1. The van der Waals surface area contributed by atoms with E-state index in [-0.39, 0.29) is 42.1 Å². The molecule has 0 bridgehead atoms. The number of amides is 1. The van der Waals surface area contributed by atoms with Gasteiger partial charge in [-0.25, -0.2) is 4.98 Å². The maximum absolute atomic E-state index is 13.4. The Morgan fingerprint density at radius 3 is 2.70 bits per heavy atom. The Morgan fingerprint density at radius 2 is 2.00 bits per heavy atom. The lowest BCUT2D eigenvalue weighted by Crippen LogP contribution is -2.34. The van der Waals surface area contributed by atoms with Crippen LogP contribution in [0.2, 0.25) is 0 Å². The van der Waals surface area contributed by atoms with Crippen LogP contribution in [0.15, 0.2) is 24.3 Å². The Hall–Kier alpha value is -1.44. The van der Waals surface area contributed by atoms with Crippen molar-refractivity contribution in [3.8, 4) is 0 Å².